The molecular weight excluding hydrogens is 372 g/mol. The van der Waals surface area contributed by atoms with Crippen LogP contribution in [0.5, 0.6) is 11.5 Å². The topological polar surface area (TPSA) is 114 Å². The number of hydrogen-bond donors (Lipinski definition) is 3. The third-order valence-electron chi connectivity index (χ3n) is 3.93. The van der Waals surface area contributed by atoms with Crippen LogP contribution < -0.4 is 20.1 Å². The fourth-order valence-electron chi connectivity index (χ4n) is 2.69. The number of H-pyrrole nitrogens is 1. The van der Waals surface area contributed by atoms with Gasteiger partial charge in [-0.2, -0.15) is 9.97 Å². The maximum Gasteiger partial charge on any atom is 0.226 e. The number of hydrogen-bond acceptors (Lipinski definition) is 7. The fraction of sp³-hybridized carbons (Fsp3) is 0.294. The summed E-state index contributed by atoms with van der Waals surface area (Å²) in [4.78, 5) is 27.3. The van der Waals surface area contributed by atoms with Crippen molar-refractivity contribution >= 4 is 40.2 Å². The summed E-state index contributed by atoms with van der Waals surface area (Å²) >= 11 is 5.88. The summed E-state index contributed by atoms with van der Waals surface area (Å²) in [7, 11) is 0. The summed E-state index contributed by atoms with van der Waals surface area (Å²) in [5.74, 6) is 1.70. The number of nitrogens with zero attached hydrogens (tertiary/aromatic N) is 3. The van der Waals surface area contributed by atoms with E-state index >= 15 is 0 Å². The van der Waals surface area contributed by atoms with Gasteiger partial charge in [-0.05, 0) is 23.7 Å². The third kappa shape index (κ3) is 4.03. The number of carbonyl (C=O) groups is 1. The number of amides is 1. The van der Waals surface area contributed by atoms with E-state index in [0.29, 0.717) is 53.9 Å². The molecule has 1 aliphatic heterocycles. The molecule has 1 aliphatic rings. The number of fused-ring (bicyclic) bond motifs is 2. The van der Waals surface area contributed by atoms with Gasteiger partial charge in [-0.3, -0.25) is 4.79 Å². The van der Waals surface area contributed by atoms with Gasteiger partial charge in [-0.1, -0.05) is 0 Å². The molecule has 0 bridgehead atoms. The summed E-state index contributed by atoms with van der Waals surface area (Å²) in [6.45, 7) is 1.59. The Labute approximate surface area is 159 Å². The maximum absolute atomic E-state index is 12.2. The SMILES string of the molecule is O=C(CCNc1nc(Cl)nc2nc[nH]c12)Nc1ccc2c(c1)OCCCO2. The highest BCUT2D eigenvalue weighted by molar-refractivity contribution is 6.28. The van der Waals surface area contributed by atoms with E-state index in [1.54, 1.807) is 18.2 Å². The molecule has 0 aliphatic carbocycles. The molecule has 0 saturated carbocycles. The van der Waals surface area contributed by atoms with E-state index in [-0.39, 0.29) is 17.6 Å². The zero-order valence-electron chi connectivity index (χ0n) is 14.3. The second-order valence-corrected chi connectivity index (χ2v) is 6.22. The largest absolute Gasteiger partial charge is 0.490 e. The Kier molecular flexibility index (Phi) is 4.93. The van der Waals surface area contributed by atoms with Gasteiger partial charge >= 0.3 is 0 Å². The molecule has 0 radical (unpaired) electrons. The van der Waals surface area contributed by atoms with Crippen molar-refractivity contribution in [3.8, 4) is 11.5 Å². The van der Waals surface area contributed by atoms with Crippen molar-refractivity contribution < 1.29 is 14.3 Å². The van der Waals surface area contributed by atoms with Crippen LogP contribution in [-0.2, 0) is 4.79 Å². The number of rotatable bonds is 5. The van der Waals surface area contributed by atoms with E-state index < -0.39 is 0 Å². The lowest BCUT2D eigenvalue weighted by Gasteiger charge is -2.11. The van der Waals surface area contributed by atoms with Crippen LogP contribution in [0.15, 0.2) is 24.5 Å². The molecule has 4 rings (SSSR count). The minimum absolute atomic E-state index is 0.0914. The quantitative estimate of drug-likeness (QED) is 0.575. The molecular formula is C17H17ClN6O3. The molecule has 10 heteroatoms. The fourth-order valence-corrected chi connectivity index (χ4v) is 2.86. The van der Waals surface area contributed by atoms with Gasteiger partial charge in [-0.15, -0.1) is 0 Å². The number of anilines is 2. The van der Waals surface area contributed by atoms with Gasteiger partial charge in [0.05, 0.1) is 19.5 Å². The molecule has 3 heterocycles. The highest BCUT2D eigenvalue weighted by atomic mass is 35.5. The van der Waals surface area contributed by atoms with Gasteiger partial charge in [-0.25, -0.2) is 4.98 Å². The van der Waals surface area contributed by atoms with Gasteiger partial charge in [0, 0.05) is 31.1 Å². The second-order valence-electron chi connectivity index (χ2n) is 5.88. The molecule has 0 atom stereocenters. The zero-order chi connectivity index (χ0) is 18.6. The Morgan fingerprint density at radius 3 is 2.96 bits per heavy atom. The first-order valence-electron chi connectivity index (χ1n) is 8.49. The van der Waals surface area contributed by atoms with Crippen LogP contribution in [0.3, 0.4) is 0 Å². The molecule has 0 saturated heterocycles. The molecule has 0 unspecified atom stereocenters. The number of benzene rings is 1. The molecule has 140 valence electrons. The van der Waals surface area contributed by atoms with Gasteiger partial charge in [0.2, 0.25) is 11.2 Å². The lowest BCUT2D eigenvalue weighted by Crippen LogP contribution is -2.17. The molecule has 2 aromatic heterocycles. The number of ether oxygens (including phenoxy) is 2. The molecule has 9 nitrogen and oxygen atoms in total. The van der Waals surface area contributed by atoms with Crippen LogP contribution in [0.25, 0.3) is 11.2 Å². The highest BCUT2D eigenvalue weighted by Crippen LogP contribution is 2.32. The van der Waals surface area contributed by atoms with Crippen LogP contribution in [0.4, 0.5) is 11.5 Å². The first kappa shape index (κ1) is 17.3. The summed E-state index contributed by atoms with van der Waals surface area (Å²) in [6, 6.07) is 5.36. The predicted octanol–water partition coefficient (Wildman–Crippen LogP) is 2.61. The number of imidazole rings is 1. The van der Waals surface area contributed by atoms with E-state index in [1.807, 2.05) is 0 Å². The number of halogens is 1. The lowest BCUT2D eigenvalue weighted by molar-refractivity contribution is -0.115. The van der Waals surface area contributed by atoms with Crippen molar-refractivity contribution in [2.24, 2.45) is 0 Å². The Morgan fingerprint density at radius 2 is 2.07 bits per heavy atom. The van der Waals surface area contributed by atoms with E-state index in [0.717, 1.165) is 6.42 Å². The summed E-state index contributed by atoms with van der Waals surface area (Å²) in [5, 5.41) is 6.02. The van der Waals surface area contributed by atoms with Crippen molar-refractivity contribution in [1.29, 1.82) is 0 Å². The maximum atomic E-state index is 12.2. The van der Waals surface area contributed by atoms with Gasteiger partial charge in [0.15, 0.2) is 23.0 Å². The third-order valence-corrected chi connectivity index (χ3v) is 4.10. The van der Waals surface area contributed by atoms with E-state index in [1.165, 1.54) is 6.33 Å². The first-order valence-corrected chi connectivity index (χ1v) is 8.87. The smallest absolute Gasteiger partial charge is 0.226 e. The Hall–Kier alpha value is -3.07. The predicted molar refractivity (Wildman–Crippen MR) is 100 cm³/mol. The molecule has 3 N–H and O–H groups in total. The molecule has 0 spiro atoms. The molecule has 0 fully saturated rings. The highest BCUT2D eigenvalue weighted by Gasteiger charge is 2.13. The minimum Gasteiger partial charge on any atom is -0.490 e. The van der Waals surface area contributed by atoms with Crippen molar-refractivity contribution in [2.45, 2.75) is 12.8 Å². The van der Waals surface area contributed by atoms with Crippen LogP contribution in [0.2, 0.25) is 5.28 Å². The van der Waals surface area contributed by atoms with Crippen LogP contribution >= 0.6 is 11.6 Å². The summed E-state index contributed by atoms with van der Waals surface area (Å²) in [6.07, 6.45) is 2.59. The second kappa shape index (κ2) is 7.67. The van der Waals surface area contributed by atoms with E-state index in [4.69, 9.17) is 21.1 Å². The first-order chi connectivity index (χ1) is 13.2. The minimum atomic E-state index is -0.141. The van der Waals surface area contributed by atoms with E-state index in [9.17, 15) is 4.79 Å². The lowest BCUT2D eigenvalue weighted by atomic mass is 10.2. The number of carbonyl (C=O) groups excluding carboxylic acids is 1. The zero-order valence-corrected chi connectivity index (χ0v) is 15.0. The normalized spacial score (nSPS) is 13.2. The van der Waals surface area contributed by atoms with E-state index in [2.05, 4.69) is 30.6 Å². The molecule has 1 aromatic carbocycles. The molecule has 1 amide bonds. The van der Waals surface area contributed by atoms with Crippen molar-refractivity contribution in [3.63, 3.8) is 0 Å². The Balaban J connectivity index is 1.34. The van der Waals surface area contributed by atoms with Crippen LogP contribution in [0, 0.1) is 0 Å². The van der Waals surface area contributed by atoms with Gasteiger partial charge in [0.1, 0.15) is 5.52 Å². The standard InChI is InChI=1S/C17H17ClN6O3/c18-17-23-15(14-16(24-17)21-9-20-14)19-5-4-13(25)22-10-2-3-11-12(8-10)27-7-1-6-26-11/h2-3,8-9H,1,4-7H2,(H,22,25)(H2,19,20,21,23,24). The van der Waals surface area contributed by atoms with Crippen molar-refractivity contribution in [2.75, 3.05) is 30.4 Å². The number of aromatic nitrogens is 4. The van der Waals surface area contributed by atoms with Crippen molar-refractivity contribution in [3.05, 3.63) is 29.8 Å². The number of nitrogens with one attached hydrogen (secondary N) is 3. The Morgan fingerprint density at radius 1 is 1.22 bits per heavy atom. The summed E-state index contributed by atoms with van der Waals surface area (Å²) in [5.41, 5.74) is 1.77. The average Bonchev–Trinajstić information content (AvgIpc) is 2.99. The molecule has 27 heavy (non-hydrogen) atoms. The average molecular weight is 389 g/mol. The monoisotopic (exact) mass is 388 g/mol. The van der Waals surface area contributed by atoms with Crippen LogP contribution in [-0.4, -0.2) is 45.6 Å². The van der Waals surface area contributed by atoms with Crippen molar-refractivity contribution in [1.82, 2.24) is 19.9 Å². The summed E-state index contributed by atoms with van der Waals surface area (Å²) < 4.78 is 11.2. The molecule has 3 aromatic rings. The number of aromatic amines is 1. The van der Waals surface area contributed by atoms with Gasteiger partial charge < -0.3 is 25.1 Å². The van der Waals surface area contributed by atoms with Gasteiger partial charge in [0.25, 0.3) is 0 Å². The van der Waals surface area contributed by atoms with Crippen LogP contribution in [0.1, 0.15) is 12.8 Å². The Bertz CT molecular complexity index is 976.